The van der Waals surface area contributed by atoms with Crippen LogP contribution in [0.2, 0.25) is 5.02 Å². The minimum absolute atomic E-state index is 0.0406. The third-order valence-corrected chi connectivity index (χ3v) is 2.90. The quantitative estimate of drug-likeness (QED) is 0.721. The number of ether oxygens (including phenoxy) is 1. The molecule has 0 amide bonds. The molecule has 0 bridgehead atoms. The molecular weight excluding hydrogens is 236 g/mol. The molecule has 2 nitrogen and oxygen atoms in total. The molecule has 0 fully saturated rings. The summed E-state index contributed by atoms with van der Waals surface area (Å²) in [6, 6.07) is 7.63. The lowest BCUT2D eigenvalue weighted by atomic mass is 9.95. The Balaban J connectivity index is 2.65. The molecule has 94 valence electrons. The fourth-order valence-corrected chi connectivity index (χ4v) is 1.94. The average Bonchev–Trinajstić information content (AvgIpc) is 2.31. The summed E-state index contributed by atoms with van der Waals surface area (Å²) in [6.07, 6.45) is 2.57. The third kappa shape index (κ3) is 4.78. The maximum atomic E-state index is 11.8. The van der Waals surface area contributed by atoms with Crippen LogP contribution in [0.25, 0.3) is 0 Å². The molecule has 1 aromatic rings. The minimum Gasteiger partial charge on any atom is -0.466 e. The third-order valence-electron chi connectivity index (χ3n) is 2.65. The number of benzene rings is 1. The summed E-state index contributed by atoms with van der Waals surface area (Å²) in [5, 5.41) is 0.719. The van der Waals surface area contributed by atoms with Gasteiger partial charge in [0.05, 0.1) is 12.5 Å². The van der Waals surface area contributed by atoms with E-state index in [-0.39, 0.29) is 11.9 Å². The van der Waals surface area contributed by atoms with E-state index in [1.165, 1.54) is 0 Å². The van der Waals surface area contributed by atoms with Gasteiger partial charge in [0.25, 0.3) is 0 Å². The van der Waals surface area contributed by atoms with E-state index < -0.39 is 0 Å². The first-order chi connectivity index (χ1) is 8.17. The SMILES string of the molecule is CCC[C@@H](Cc1ccc(Cl)cc1)C(=O)OCC. The second-order valence-corrected chi connectivity index (χ2v) is 4.50. The second kappa shape index (κ2) is 7.33. The molecule has 1 atom stereocenters. The molecule has 1 rings (SSSR count). The Morgan fingerprint density at radius 2 is 1.94 bits per heavy atom. The maximum absolute atomic E-state index is 11.8. The van der Waals surface area contributed by atoms with Gasteiger partial charge in [-0.2, -0.15) is 0 Å². The van der Waals surface area contributed by atoms with Gasteiger partial charge >= 0.3 is 5.97 Å². The second-order valence-electron chi connectivity index (χ2n) is 4.07. The van der Waals surface area contributed by atoms with Gasteiger partial charge < -0.3 is 4.74 Å². The highest BCUT2D eigenvalue weighted by Gasteiger charge is 2.19. The Kier molecular flexibility index (Phi) is 6.06. The lowest BCUT2D eigenvalue weighted by molar-refractivity contribution is -0.148. The molecule has 0 heterocycles. The van der Waals surface area contributed by atoms with Crippen molar-refractivity contribution >= 4 is 17.6 Å². The molecule has 0 aliphatic carbocycles. The zero-order valence-electron chi connectivity index (χ0n) is 10.4. The van der Waals surface area contributed by atoms with Crippen LogP contribution in [0.15, 0.2) is 24.3 Å². The molecule has 0 saturated carbocycles. The maximum Gasteiger partial charge on any atom is 0.309 e. The van der Waals surface area contributed by atoms with E-state index in [9.17, 15) is 4.79 Å². The van der Waals surface area contributed by atoms with E-state index in [1.54, 1.807) is 0 Å². The Morgan fingerprint density at radius 3 is 2.47 bits per heavy atom. The van der Waals surface area contributed by atoms with Crippen LogP contribution in [0, 0.1) is 5.92 Å². The normalized spacial score (nSPS) is 12.2. The predicted molar refractivity (Wildman–Crippen MR) is 70.2 cm³/mol. The number of hydrogen-bond donors (Lipinski definition) is 0. The highest BCUT2D eigenvalue weighted by molar-refractivity contribution is 6.30. The first-order valence-electron chi connectivity index (χ1n) is 6.08. The van der Waals surface area contributed by atoms with Gasteiger partial charge in [-0.1, -0.05) is 37.1 Å². The summed E-state index contributed by atoms with van der Waals surface area (Å²) in [5.41, 5.74) is 1.13. The van der Waals surface area contributed by atoms with E-state index >= 15 is 0 Å². The summed E-state index contributed by atoms with van der Waals surface area (Å²) in [5.74, 6) is -0.134. The Hall–Kier alpha value is -1.02. The van der Waals surface area contributed by atoms with Gasteiger partial charge in [-0.25, -0.2) is 0 Å². The van der Waals surface area contributed by atoms with Crippen molar-refractivity contribution in [3.63, 3.8) is 0 Å². The molecular formula is C14H19ClO2. The highest BCUT2D eigenvalue weighted by atomic mass is 35.5. The largest absolute Gasteiger partial charge is 0.466 e. The van der Waals surface area contributed by atoms with Crippen LogP contribution < -0.4 is 0 Å². The van der Waals surface area contributed by atoms with Crippen LogP contribution in [0.5, 0.6) is 0 Å². The van der Waals surface area contributed by atoms with Crippen LogP contribution >= 0.6 is 11.6 Å². The number of halogens is 1. The van der Waals surface area contributed by atoms with Gasteiger partial charge in [0.2, 0.25) is 0 Å². The zero-order valence-corrected chi connectivity index (χ0v) is 11.2. The molecule has 0 aliphatic rings. The van der Waals surface area contributed by atoms with Gasteiger partial charge in [-0.3, -0.25) is 4.79 Å². The summed E-state index contributed by atoms with van der Waals surface area (Å²) in [6.45, 7) is 4.36. The highest BCUT2D eigenvalue weighted by Crippen LogP contribution is 2.18. The fourth-order valence-electron chi connectivity index (χ4n) is 1.82. The summed E-state index contributed by atoms with van der Waals surface area (Å²) in [4.78, 5) is 11.8. The van der Waals surface area contributed by atoms with Crippen molar-refractivity contribution in [3.05, 3.63) is 34.9 Å². The summed E-state index contributed by atoms with van der Waals surface area (Å²) < 4.78 is 5.09. The van der Waals surface area contributed by atoms with Crippen LogP contribution in [0.4, 0.5) is 0 Å². The number of hydrogen-bond acceptors (Lipinski definition) is 2. The first kappa shape index (κ1) is 14.0. The van der Waals surface area contributed by atoms with Crippen molar-refractivity contribution in [1.29, 1.82) is 0 Å². The lowest BCUT2D eigenvalue weighted by Crippen LogP contribution is -2.20. The Morgan fingerprint density at radius 1 is 1.29 bits per heavy atom. The van der Waals surface area contributed by atoms with E-state index in [2.05, 4.69) is 6.92 Å². The van der Waals surface area contributed by atoms with Crippen LogP contribution in [-0.2, 0) is 16.0 Å². The van der Waals surface area contributed by atoms with Crippen LogP contribution in [0.1, 0.15) is 32.3 Å². The lowest BCUT2D eigenvalue weighted by Gasteiger charge is -2.14. The van der Waals surface area contributed by atoms with Crippen LogP contribution in [0.3, 0.4) is 0 Å². The van der Waals surface area contributed by atoms with Gasteiger partial charge in [0.1, 0.15) is 0 Å². The predicted octanol–water partition coefficient (Wildman–Crippen LogP) is 3.86. The molecule has 3 heteroatoms. The molecule has 0 spiro atoms. The Bertz CT molecular complexity index is 346. The van der Waals surface area contributed by atoms with Crippen molar-refractivity contribution in [2.24, 2.45) is 5.92 Å². The molecule has 1 aromatic carbocycles. The summed E-state index contributed by atoms with van der Waals surface area (Å²) in [7, 11) is 0. The van der Waals surface area contributed by atoms with E-state index in [0.29, 0.717) is 6.61 Å². The molecule has 0 saturated heterocycles. The molecule has 0 aliphatic heterocycles. The minimum atomic E-state index is -0.0932. The molecule has 0 unspecified atom stereocenters. The van der Waals surface area contributed by atoms with Gasteiger partial charge in [-0.05, 0) is 37.5 Å². The first-order valence-corrected chi connectivity index (χ1v) is 6.46. The fraction of sp³-hybridized carbons (Fsp3) is 0.500. The molecule has 17 heavy (non-hydrogen) atoms. The molecule has 0 aromatic heterocycles. The van der Waals surface area contributed by atoms with E-state index in [4.69, 9.17) is 16.3 Å². The van der Waals surface area contributed by atoms with Gasteiger partial charge in [0.15, 0.2) is 0 Å². The monoisotopic (exact) mass is 254 g/mol. The van der Waals surface area contributed by atoms with Crippen molar-refractivity contribution < 1.29 is 9.53 Å². The van der Waals surface area contributed by atoms with Crippen molar-refractivity contribution in [1.82, 2.24) is 0 Å². The van der Waals surface area contributed by atoms with E-state index in [0.717, 1.165) is 29.8 Å². The molecule has 0 radical (unpaired) electrons. The van der Waals surface area contributed by atoms with E-state index in [1.807, 2.05) is 31.2 Å². The topological polar surface area (TPSA) is 26.3 Å². The average molecular weight is 255 g/mol. The van der Waals surface area contributed by atoms with Crippen LogP contribution in [-0.4, -0.2) is 12.6 Å². The van der Waals surface area contributed by atoms with Crippen molar-refractivity contribution in [3.8, 4) is 0 Å². The smallest absolute Gasteiger partial charge is 0.309 e. The number of esters is 1. The Labute approximate surface area is 108 Å². The molecule has 0 N–H and O–H groups in total. The number of carbonyl (C=O) groups excluding carboxylic acids is 1. The standard InChI is InChI=1S/C14H19ClO2/c1-3-5-12(14(16)17-4-2)10-11-6-8-13(15)9-7-11/h6-9,12H,3-5,10H2,1-2H3/t12-/m0/s1. The summed E-state index contributed by atoms with van der Waals surface area (Å²) >= 11 is 5.83. The number of rotatable bonds is 6. The number of carbonyl (C=O) groups is 1. The van der Waals surface area contributed by atoms with Gasteiger partial charge in [0, 0.05) is 5.02 Å². The van der Waals surface area contributed by atoms with Crippen molar-refractivity contribution in [2.45, 2.75) is 33.1 Å². The zero-order chi connectivity index (χ0) is 12.7. The van der Waals surface area contributed by atoms with Gasteiger partial charge in [-0.15, -0.1) is 0 Å². The van der Waals surface area contributed by atoms with Crippen molar-refractivity contribution in [2.75, 3.05) is 6.61 Å².